The number of imidazole rings is 1. The molecule has 2 aromatic heterocycles. The Labute approximate surface area is 329 Å². The zero-order chi connectivity index (χ0) is 41.7. The van der Waals surface area contributed by atoms with E-state index >= 15 is 0 Å². The van der Waals surface area contributed by atoms with Crippen LogP contribution < -0.4 is 24.6 Å². The second-order valence-corrected chi connectivity index (χ2v) is 19.1. The van der Waals surface area contributed by atoms with Crippen molar-refractivity contribution in [3.8, 4) is 17.4 Å². The Hall–Kier alpha value is -4.14. The number of esters is 1. The number of aliphatic hydroxyl groups excluding tert-OH is 1. The first-order chi connectivity index (χ1) is 25.8. The van der Waals surface area contributed by atoms with Crippen molar-refractivity contribution in [2.75, 3.05) is 26.1 Å². The number of carbonyl (C=O) groups excluding carboxylic acids is 1. The molecule has 5 rings (SSSR count). The van der Waals surface area contributed by atoms with E-state index in [4.69, 9.17) is 29.2 Å². The fraction of sp³-hybridized carbons (Fsp3) is 0.600. The molecule has 0 radical (unpaired) electrons. The number of nitrogens with two attached hydrogens (primary N) is 1. The quantitative estimate of drug-likeness (QED) is 0.116. The van der Waals surface area contributed by atoms with E-state index in [-0.39, 0.29) is 58.9 Å². The van der Waals surface area contributed by atoms with Crippen LogP contribution in [0.4, 0.5) is 5.95 Å². The van der Waals surface area contributed by atoms with E-state index < -0.39 is 49.6 Å². The highest BCUT2D eigenvalue weighted by atomic mass is 31.1. The van der Waals surface area contributed by atoms with Crippen molar-refractivity contribution >= 4 is 42.0 Å². The highest BCUT2D eigenvalue weighted by molar-refractivity contribution is 7.34. The monoisotopic (exact) mass is 796 g/mol. The minimum Gasteiger partial charge on any atom is -0.575 e. The third-order valence-electron chi connectivity index (χ3n) is 9.63. The molecule has 4 N–H and O–H groups in total. The molecule has 0 bridgehead atoms. The van der Waals surface area contributed by atoms with E-state index in [0.717, 1.165) is 10.9 Å². The van der Waals surface area contributed by atoms with Crippen LogP contribution in [0.1, 0.15) is 100 Å². The first kappa shape index (κ1) is 43.0. The highest BCUT2D eigenvalue weighted by Gasteiger charge is 2.54. The van der Waals surface area contributed by atoms with Crippen molar-refractivity contribution in [2.45, 2.75) is 124 Å². The van der Waals surface area contributed by atoms with Gasteiger partial charge in [-0.15, -0.1) is 0 Å². The van der Waals surface area contributed by atoms with E-state index in [1.54, 1.807) is 13.8 Å². The zero-order valence-corrected chi connectivity index (χ0v) is 35.6. The minimum atomic E-state index is -2.85. The maximum atomic E-state index is 14.0. The Morgan fingerprint density at radius 3 is 2.36 bits per heavy atom. The average Bonchev–Trinajstić information content (AvgIpc) is 3.59. The molecule has 6 atom stereocenters. The second-order valence-electron chi connectivity index (χ2n) is 18.2. The number of nitrogen functional groups attached to an aromatic ring is 1. The average molecular weight is 797 g/mol. The fourth-order valence-corrected chi connectivity index (χ4v) is 7.34. The lowest BCUT2D eigenvalue weighted by atomic mass is 9.82. The maximum absolute atomic E-state index is 14.0. The van der Waals surface area contributed by atoms with Crippen molar-refractivity contribution in [2.24, 2.45) is 16.1 Å². The summed E-state index contributed by atoms with van der Waals surface area (Å²) >= 11 is 0. The number of rotatable bonds is 11. The lowest BCUT2D eigenvalue weighted by Crippen LogP contribution is -2.44. The van der Waals surface area contributed by atoms with Gasteiger partial charge in [0.1, 0.15) is 24.4 Å². The Morgan fingerprint density at radius 1 is 1.09 bits per heavy atom. The molecule has 0 spiro atoms. The van der Waals surface area contributed by atoms with Crippen LogP contribution in [0.5, 0.6) is 17.4 Å². The molecule has 1 aliphatic rings. The largest absolute Gasteiger partial charge is 0.575 e. The van der Waals surface area contributed by atoms with Gasteiger partial charge in [0.05, 0.1) is 20.0 Å². The molecule has 0 amide bonds. The summed E-state index contributed by atoms with van der Waals surface area (Å²) in [6, 6.07) is 6.95. The predicted molar refractivity (Wildman–Crippen MR) is 213 cm³/mol. The Bertz CT molecular complexity index is 2110. The van der Waals surface area contributed by atoms with Crippen molar-refractivity contribution in [1.82, 2.24) is 19.5 Å². The van der Waals surface area contributed by atoms with Crippen molar-refractivity contribution in [1.29, 1.82) is 0 Å². The summed E-state index contributed by atoms with van der Waals surface area (Å²) in [6.45, 7) is 23.1. The van der Waals surface area contributed by atoms with Crippen LogP contribution in [0.25, 0.3) is 21.9 Å². The van der Waals surface area contributed by atoms with Crippen molar-refractivity contribution < 1.29 is 43.4 Å². The van der Waals surface area contributed by atoms with E-state index in [9.17, 15) is 19.9 Å². The molecule has 1 aliphatic heterocycles. The summed E-state index contributed by atoms with van der Waals surface area (Å²) in [5.41, 5.74) is 5.28. The Kier molecular flexibility index (Phi) is 12.0. The van der Waals surface area contributed by atoms with Gasteiger partial charge in [-0.3, -0.25) is 9.09 Å². The summed E-state index contributed by atoms with van der Waals surface area (Å²) in [6.07, 6.45) is -2.29. The SMILES string of the molecule is COc1nc(N)nc2c1ncn2C1O[C@H](COc2c(C(C)(C)C)cc3ccc(C(C)(C)C)cc3c2O[P+]([O-])=N[C@H](C(=O)OCC(C)(C)C)C(C)C)[C@@H](O)[C@@]1(C)O. The number of nitrogens with zero attached hydrogens (tertiary/aromatic N) is 5. The zero-order valence-electron chi connectivity index (χ0n) is 34.7. The Morgan fingerprint density at radius 2 is 1.77 bits per heavy atom. The van der Waals surface area contributed by atoms with Gasteiger partial charge in [0.15, 0.2) is 29.2 Å². The molecular formula is C40H57N6O9P. The molecule has 1 fully saturated rings. The number of ether oxygens (including phenoxy) is 4. The van der Waals surface area contributed by atoms with Crippen LogP contribution in [-0.2, 0) is 25.1 Å². The molecule has 3 heterocycles. The number of carbonyl (C=O) groups is 1. The number of hydrogen-bond donors (Lipinski definition) is 3. The summed E-state index contributed by atoms with van der Waals surface area (Å²) in [4.78, 5) is 39.9. The third-order valence-corrected chi connectivity index (χ3v) is 10.4. The molecule has 0 aliphatic carbocycles. The van der Waals surface area contributed by atoms with Gasteiger partial charge in [0, 0.05) is 10.9 Å². The lowest BCUT2D eigenvalue weighted by Gasteiger charge is -2.28. The highest BCUT2D eigenvalue weighted by Crippen LogP contribution is 2.48. The normalized spacial score (nSPS) is 21.5. The van der Waals surface area contributed by atoms with Crippen LogP contribution in [-0.4, -0.2) is 79.9 Å². The van der Waals surface area contributed by atoms with Gasteiger partial charge in [-0.25, -0.2) is 9.78 Å². The van der Waals surface area contributed by atoms with Crippen LogP contribution in [0, 0.1) is 11.3 Å². The smallest absolute Gasteiger partial charge is 0.395 e. The number of benzene rings is 2. The number of aliphatic hydroxyl groups is 2. The van der Waals surface area contributed by atoms with Gasteiger partial charge in [-0.05, 0) is 52.2 Å². The molecule has 56 heavy (non-hydrogen) atoms. The van der Waals surface area contributed by atoms with Gasteiger partial charge in [0.2, 0.25) is 17.6 Å². The van der Waals surface area contributed by atoms with Gasteiger partial charge >= 0.3 is 14.1 Å². The van der Waals surface area contributed by atoms with Crippen LogP contribution in [0.15, 0.2) is 35.3 Å². The van der Waals surface area contributed by atoms with E-state index in [1.807, 2.05) is 65.8 Å². The summed E-state index contributed by atoms with van der Waals surface area (Å²) < 4.78 is 35.9. The molecule has 15 nitrogen and oxygen atoms in total. The lowest BCUT2D eigenvalue weighted by molar-refractivity contribution is -0.170. The number of anilines is 1. The standard InChI is InChI=1S/C40H57N6O9P/c1-21(2)27(34(48)53-19-37(3,4)5)45-56(50)55-29-24-17-23(38(6,7)8)15-14-22(24)16-25(39(9,10)11)30(29)52-18-26-31(47)40(12,49)35(54-26)46-20-42-28-32(46)43-36(41)44-33(28)51-13/h14-17,20-21,26-27,31,35,47,49H,18-19H2,1-13H3,(H2,41,43,44)/t26-,27+,31-,35?,40-/m1/s1. The maximum Gasteiger partial charge on any atom is 0.395 e. The first-order valence-corrected chi connectivity index (χ1v) is 19.8. The molecule has 2 aromatic carbocycles. The summed E-state index contributed by atoms with van der Waals surface area (Å²) in [5, 5.41) is 24.6. The number of fused-ring (bicyclic) bond motifs is 2. The third kappa shape index (κ3) is 9.02. The summed E-state index contributed by atoms with van der Waals surface area (Å²) in [5.74, 6) is -0.441. The number of hydrogen-bond acceptors (Lipinski definition) is 14. The van der Waals surface area contributed by atoms with Gasteiger partial charge in [-0.1, -0.05) is 93.0 Å². The molecule has 1 saturated heterocycles. The van der Waals surface area contributed by atoms with E-state index in [0.29, 0.717) is 16.5 Å². The predicted octanol–water partition coefficient (Wildman–Crippen LogP) is 6.10. The fourth-order valence-electron chi connectivity index (χ4n) is 6.39. The van der Waals surface area contributed by atoms with Gasteiger partial charge < -0.3 is 39.8 Å². The number of methoxy groups -OCH3 is 1. The van der Waals surface area contributed by atoms with Gasteiger partial charge in [-0.2, -0.15) is 9.97 Å². The number of aromatic nitrogens is 4. The first-order valence-electron chi connectivity index (χ1n) is 18.7. The van der Waals surface area contributed by atoms with Gasteiger partial charge in [0.25, 0.3) is 0 Å². The molecule has 2 unspecified atom stereocenters. The van der Waals surface area contributed by atoms with Crippen LogP contribution >= 0.6 is 8.17 Å². The molecule has 0 saturated carbocycles. The summed E-state index contributed by atoms with van der Waals surface area (Å²) in [7, 11) is -1.42. The topological polar surface area (TPSA) is 209 Å². The van der Waals surface area contributed by atoms with Crippen LogP contribution in [0.3, 0.4) is 0 Å². The van der Waals surface area contributed by atoms with Crippen molar-refractivity contribution in [3.63, 3.8) is 0 Å². The van der Waals surface area contributed by atoms with E-state index in [2.05, 4.69) is 40.5 Å². The van der Waals surface area contributed by atoms with Crippen molar-refractivity contribution in [3.05, 3.63) is 41.7 Å². The molecule has 306 valence electrons. The van der Waals surface area contributed by atoms with Crippen LogP contribution in [0.2, 0.25) is 0 Å². The molecular weight excluding hydrogens is 739 g/mol. The Balaban J connectivity index is 1.58. The van der Waals surface area contributed by atoms with E-state index in [1.165, 1.54) is 24.9 Å². The second kappa shape index (κ2) is 15.7. The molecule has 16 heteroatoms. The minimum absolute atomic E-state index is 0.0751. The molecule has 4 aromatic rings.